The van der Waals surface area contributed by atoms with E-state index in [1.807, 2.05) is 0 Å². The maximum Gasteiger partial charge on any atom is 0.0685 e. The summed E-state index contributed by atoms with van der Waals surface area (Å²) >= 11 is 0. The molecule has 0 bridgehead atoms. The lowest BCUT2D eigenvalue weighted by Crippen LogP contribution is -2.29. The van der Waals surface area contributed by atoms with Gasteiger partial charge in [0.1, 0.15) is 0 Å². The molecule has 1 atom stereocenters. The van der Waals surface area contributed by atoms with Crippen LogP contribution in [0, 0.1) is 5.92 Å². The molecule has 12 heavy (non-hydrogen) atoms. The van der Waals surface area contributed by atoms with Gasteiger partial charge >= 0.3 is 0 Å². The predicted octanol–water partition coefficient (Wildman–Crippen LogP) is 3.38. The molecular weight excluding hydrogens is 148 g/mol. The van der Waals surface area contributed by atoms with Gasteiger partial charge in [0.2, 0.25) is 0 Å². The van der Waals surface area contributed by atoms with Crippen molar-refractivity contribution in [2.45, 2.75) is 58.5 Å². The summed E-state index contributed by atoms with van der Waals surface area (Å²) in [4.78, 5) is 0. The van der Waals surface area contributed by atoms with Crippen molar-refractivity contribution in [1.82, 2.24) is 0 Å². The van der Waals surface area contributed by atoms with Crippen molar-refractivity contribution in [3.8, 4) is 0 Å². The summed E-state index contributed by atoms with van der Waals surface area (Å²) in [5, 5.41) is 0. The SMILES string of the molecule is CCCC1(CC(C)C)CCCO1. The standard InChI is InChI=1S/C11H22O/c1-4-6-11(9-10(2)3)7-5-8-12-11/h10H,4-9H2,1-3H3. The molecule has 0 aromatic carbocycles. The van der Waals surface area contributed by atoms with Crippen molar-refractivity contribution < 1.29 is 4.74 Å². The van der Waals surface area contributed by atoms with Crippen LogP contribution in [-0.2, 0) is 4.74 Å². The topological polar surface area (TPSA) is 9.23 Å². The van der Waals surface area contributed by atoms with Gasteiger partial charge in [-0.05, 0) is 31.6 Å². The molecule has 0 aromatic rings. The Hall–Kier alpha value is -0.0400. The number of hydrogen-bond donors (Lipinski definition) is 0. The minimum absolute atomic E-state index is 0.267. The second kappa shape index (κ2) is 4.27. The van der Waals surface area contributed by atoms with E-state index in [9.17, 15) is 0 Å². The van der Waals surface area contributed by atoms with Gasteiger partial charge in [0.25, 0.3) is 0 Å². The molecule has 1 fully saturated rings. The van der Waals surface area contributed by atoms with Gasteiger partial charge in [-0.25, -0.2) is 0 Å². The van der Waals surface area contributed by atoms with Crippen molar-refractivity contribution in [3.63, 3.8) is 0 Å². The van der Waals surface area contributed by atoms with E-state index in [1.165, 1.54) is 32.1 Å². The van der Waals surface area contributed by atoms with Gasteiger partial charge in [0.15, 0.2) is 0 Å². The fraction of sp³-hybridized carbons (Fsp3) is 1.00. The largest absolute Gasteiger partial charge is 0.375 e. The monoisotopic (exact) mass is 170 g/mol. The molecule has 1 heterocycles. The van der Waals surface area contributed by atoms with Gasteiger partial charge in [0, 0.05) is 6.61 Å². The number of ether oxygens (including phenoxy) is 1. The van der Waals surface area contributed by atoms with Crippen LogP contribution >= 0.6 is 0 Å². The van der Waals surface area contributed by atoms with E-state index in [4.69, 9.17) is 4.74 Å². The average molecular weight is 170 g/mol. The molecule has 1 saturated heterocycles. The van der Waals surface area contributed by atoms with Crippen LogP contribution in [0.25, 0.3) is 0 Å². The van der Waals surface area contributed by atoms with Crippen LogP contribution in [0.15, 0.2) is 0 Å². The smallest absolute Gasteiger partial charge is 0.0685 e. The average Bonchev–Trinajstić information content (AvgIpc) is 2.36. The van der Waals surface area contributed by atoms with E-state index >= 15 is 0 Å². The Balaban J connectivity index is 2.46. The van der Waals surface area contributed by atoms with Crippen LogP contribution < -0.4 is 0 Å². The van der Waals surface area contributed by atoms with Crippen LogP contribution in [0.3, 0.4) is 0 Å². The lowest BCUT2D eigenvalue weighted by Gasteiger charge is -2.29. The van der Waals surface area contributed by atoms with Crippen LogP contribution in [0.1, 0.15) is 52.9 Å². The fourth-order valence-electron chi connectivity index (χ4n) is 2.42. The van der Waals surface area contributed by atoms with E-state index in [0.29, 0.717) is 0 Å². The van der Waals surface area contributed by atoms with Crippen molar-refractivity contribution >= 4 is 0 Å². The third-order valence-corrected chi connectivity index (χ3v) is 2.67. The van der Waals surface area contributed by atoms with Gasteiger partial charge in [0.05, 0.1) is 5.60 Å². The third kappa shape index (κ3) is 2.48. The van der Waals surface area contributed by atoms with Crippen LogP contribution in [-0.4, -0.2) is 12.2 Å². The van der Waals surface area contributed by atoms with Crippen LogP contribution in [0.5, 0.6) is 0 Å². The molecule has 1 aliphatic rings. The van der Waals surface area contributed by atoms with Crippen LogP contribution in [0.4, 0.5) is 0 Å². The Morgan fingerprint density at radius 1 is 1.42 bits per heavy atom. The molecule has 0 N–H and O–H groups in total. The number of rotatable bonds is 4. The summed E-state index contributed by atoms with van der Waals surface area (Å²) < 4.78 is 5.89. The highest BCUT2D eigenvalue weighted by Crippen LogP contribution is 2.35. The quantitative estimate of drug-likeness (QED) is 0.628. The maximum atomic E-state index is 5.89. The molecular formula is C11H22O. The van der Waals surface area contributed by atoms with Gasteiger partial charge in [-0.2, -0.15) is 0 Å². The summed E-state index contributed by atoms with van der Waals surface area (Å²) in [6.07, 6.45) is 6.32. The van der Waals surface area contributed by atoms with E-state index in [0.717, 1.165) is 12.5 Å². The van der Waals surface area contributed by atoms with Crippen molar-refractivity contribution in [3.05, 3.63) is 0 Å². The minimum atomic E-state index is 0.267. The zero-order chi connectivity index (χ0) is 9.03. The Kier molecular flexibility index (Phi) is 3.57. The molecule has 1 unspecified atom stereocenters. The zero-order valence-corrected chi connectivity index (χ0v) is 8.73. The first-order valence-corrected chi connectivity index (χ1v) is 5.32. The first-order chi connectivity index (χ1) is 5.68. The fourth-order valence-corrected chi connectivity index (χ4v) is 2.42. The molecule has 0 radical (unpaired) electrons. The van der Waals surface area contributed by atoms with Gasteiger partial charge < -0.3 is 4.74 Å². The van der Waals surface area contributed by atoms with E-state index in [1.54, 1.807) is 0 Å². The van der Waals surface area contributed by atoms with Crippen LogP contribution in [0.2, 0.25) is 0 Å². The van der Waals surface area contributed by atoms with Crippen molar-refractivity contribution in [1.29, 1.82) is 0 Å². The second-order valence-electron chi connectivity index (χ2n) is 4.48. The molecule has 72 valence electrons. The molecule has 0 amide bonds. The zero-order valence-electron chi connectivity index (χ0n) is 8.73. The second-order valence-corrected chi connectivity index (χ2v) is 4.48. The van der Waals surface area contributed by atoms with Gasteiger partial charge in [-0.3, -0.25) is 0 Å². The molecule has 0 saturated carbocycles. The predicted molar refractivity (Wildman–Crippen MR) is 52.3 cm³/mol. The Bertz CT molecular complexity index is 123. The van der Waals surface area contributed by atoms with Crippen molar-refractivity contribution in [2.75, 3.05) is 6.61 Å². The molecule has 0 aromatic heterocycles. The third-order valence-electron chi connectivity index (χ3n) is 2.67. The number of hydrogen-bond acceptors (Lipinski definition) is 1. The first-order valence-electron chi connectivity index (χ1n) is 5.32. The Labute approximate surface area is 76.5 Å². The molecule has 0 spiro atoms. The summed E-state index contributed by atoms with van der Waals surface area (Å²) in [6.45, 7) is 7.83. The lowest BCUT2D eigenvalue weighted by atomic mass is 9.86. The van der Waals surface area contributed by atoms with Gasteiger partial charge in [-0.15, -0.1) is 0 Å². The molecule has 1 rings (SSSR count). The first kappa shape index (κ1) is 10.0. The van der Waals surface area contributed by atoms with E-state index in [-0.39, 0.29) is 5.60 Å². The normalized spacial score (nSPS) is 30.0. The summed E-state index contributed by atoms with van der Waals surface area (Å²) in [6, 6.07) is 0. The Morgan fingerprint density at radius 2 is 2.17 bits per heavy atom. The lowest BCUT2D eigenvalue weighted by molar-refractivity contribution is -0.0191. The minimum Gasteiger partial charge on any atom is -0.375 e. The highest BCUT2D eigenvalue weighted by atomic mass is 16.5. The Morgan fingerprint density at radius 3 is 2.58 bits per heavy atom. The summed E-state index contributed by atoms with van der Waals surface area (Å²) in [5.41, 5.74) is 0.267. The molecule has 1 nitrogen and oxygen atoms in total. The maximum absolute atomic E-state index is 5.89. The van der Waals surface area contributed by atoms with E-state index < -0.39 is 0 Å². The van der Waals surface area contributed by atoms with Crippen molar-refractivity contribution in [2.24, 2.45) is 5.92 Å². The molecule has 0 aliphatic carbocycles. The highest BCUT2D eigenvalue weighted by molar-refractivity contribution is 4.85. The highest BCUT2D eigenvalue weighted by Gasteiger charge is 2.34. The van der Waals surface area contributed by atoms with Gasteiger partial charge in [-0.1, -0.05) is 27.2 Å². The van der Waals surface area contributed by atoms with E-state index in [2.05, 4.69) is 20.8 Å². The molecule has 1 aliphatic heterocycles. The summed E-state index contributed by atoms with van der Waals surface area (Å²) in [7, 11) is 0. The summed E-state index contributed by atoms with van der Waals surface area (Å²) in [5.74, 6) is 0.773. The molecule has 1 heteroatoms.